The zero-order valence-electron chi connectivity index (χ0n) is 16.2. The molecule has 7 nitrogen and oxygen atoms in total. The fraction of sp³-hybridized carbons (Fsp3) is 0.611. The van der Waals surface area contributed by atoms with E-state index in [1.807, 2.05) is 7.05 Å². The van der Waals surface area contributed by atoms with Crippen molar-refractivity contribution in [3.05, 3.63) is 24.2 Å². The van der Waals surface area contributed by atoms with Gasteiger partial charge in [0.1, 0.15) is 5.56 Å². The largest absolute Gasteiger partial charge is 0.419 e. The molecule has 0 aromatic carbocycles. The van der Waals surface area contributed by atoms with Crippen molar-refractivity contribution in [3.63, 3.8) is 0 Å². The van der Waals surface area contributed by atoms with E-state index in [0.717, 1.165) is 32.1 Å². The van der Waals surface area contributed by atoms with Crippen molar-refractivity contribution in [2.75, 3.05) is 25.5 Å². The molecule has 2 N–H and O–H groups in total. The van der Waals surface area contributed by atoms with E-state index in [2.05, 4.69) is 25.3 Å². The van der Waals surface area contributed by atoms with Gasteiger partial charge in [0.2, 0.25) is 5.95 Å². The Balaban J connectivity index is 1.89. The van der Waals surface area contributed by atoms with Crippen molar-refractivity contribution in [2.24, 2.45) is 0 Å². The quantitative estimate of drug-likeness (QED) is 0.806. The molecule has 1 aliphatic rings. The van der Waals surface area contributed by atoms with E-state index >= 15 is 0 Å². The lowest BCUT2D eigenvalue weighted by atomic mass is 10.1. The molecule has 0 unspecified atom stereocenters. The molecular formula is C18H25F3N6O. The van der Waals surface area contributed by atoms with Gasteiger partial charge in [-0.25, -0.2) is 9.97 Å². The number of nitrogens with zero attached hydrogens (tertiary/aromatic N) is 5. The third-order valence-corrected chi connectivity index (χ3v) is 4.60. The Kier molecular flexibility index (Phi) is 5.62. The van der Waals surface area contributed by atoms with Crippen LogP contribution in [0.5, 0.6) is 0 Å². The average Bonchev–Trinajstić information content (AvgIpc) is 3.02. The summed E-state index contributed by atoms with van der Waals surface area (Å²) in [7, 11) is 2.04. The second-order valence-corrected chi connectivity index (χ2v) is 7.91. The first-order valence-corrected chi connectivity index (χ1v) is 9.16. The number of hydrogen-bond donors (Lipinski definition) is 2. The van der Waals surface area contributed by atoms with Crippen molar-refractivity contribution in [1.29, 1.82) is 0 Å². The van der Waals surface area contributed by atoms with Crippen molar-refractivity contribution in [2.45, 2.75) is 51.1 Å². The summed E-state index contributed by atoms with van der Waals surface area (Å²) in [6, 6.07) is 0.124. The molecule has 0 aliphatic carbocycles. The van der Waals surface area contributed by atoms with Crippen molar-refractivity contribution < 1.29 is 18.3 Å². The predicted octanol–water partition coefficient (Wildman–Crippen LogP) is 2.64. The number of likely N-dealkylation sites (tertiary alicyclic amines) is 1. The highest BCUT2D eigenvalue weighted by Gasteiger charge is 2.36. The van der Waals surface area contributed by atoms with E-state index in [0.29, 0.717) is 0 Å². The molecule has 2 aromatic heterocycles. The summed E-state index contributed by atoms with van der Waals surface area (Å²) >= 11 is 0. The van der Waals surface area contributed by atoms with Crippen LogP contribution >= 0.6 is 0 Å². The molecule has 0 amide bonds. The van der Waals surface area contributed by atoms with Gasteiger partial charge in [-0.2, -0.15) is 18.3 Å². The van der Waals surface area contributed by atoms with Crippen LogP contribution < -0.4 is 5.32 Å². The first kappa shape index (κ1) is 20.5. The smallest absolute Gasteiger partial charge is 0.389 e. The molecular weight excluding hydrogens is 373 g/mol. The van der Waals surface area contributed by atoms with Gasteiger partial charge in [0, 0.05) is 24.0 Å². The number of halogens is 3. The number of rotatable bonds is 5. The summed E-state index contributed by atoms with van der Waals surface area (Å²) in [6.07, 6.45) is 0.754. The normalized spacial score (nSPS) is 17.1. The number of piperidine rings is 1. The van der Waals surface area contributed by atoms with Gasteiger partial charge >= 0.3 is 6.18 Å². The maximum atomic E-state index is 13.5. The zero-order chi connectivity index (χ0) is 20.5. The second kappa shape index (κ2) is 7.67. The van der Waals surface area contributed by atoms with Gasteiger partial charge in [0.25, 0.3) is 0 Å². The molecule has 0 atom stereocenters. The molecule has 0 spiro atoms. The van der Waals surface area contributed by atoms with Crippen LogP contribution in [0.15, 0.2) is 18.6 Å². The van der Waals surface area contributed by atoms with Crippen LogP contribution in [-0.2, 0) is 12.7 Å². The van der Waals surface area contributed by atoms with E-state index in [4.69, 9.17) is 0 Å². The number of aromatic nitrogens is 4. The van der Waals surface area contributed by atoms with Crippen LogP contribution in [-0.4, -0.2) is 61.5 Å². The zero-order valence-corrected chi connectivity index (χ0v) is 16.2. The fourth-order valence-corrected chi connectivity index (χ4v) is 3.18. The molecule has 1 fully saturated rings. The Morgan fingerprint density at radius 3 is 2.50 bits per heavy atom. The molecule has 1 aliphatic heterocycles. The molecule has 10 heteroatoms. The summed E-state index contributed by atoms with van der Waals surface area (Å²) in [5.74, 6) is 0.174. The van der Waals surface area contributed by atoms with Gasteiger partial charge in [-0.3, -0.25) is 4.68 Å². The van der Waals surface area contributed by atoms with Crippen LogP contribution in [0.25, 0.3) is 11.3 Å². The van der Waals surface area contributed by atoms with Gasteiger partial charge < -0.3 is 15.3 Å². The predicted molar refractivity (Wildman–Crippen MR) is 98.7 cm³/mol. The third-order valence-electron chi connectivity index (χ3n) is 4.60. The first-order chi connectivity index (χ1) is 13.0. The Morgan fingerprint density at radius 1 is 1.21 bits per heavy atom. The fourth-order valence-electron chi connectivity index (χ4n) is 3.18. The van der Waals surface area contributed by atoms with Crippen molar-refractivity contribution in [3.8, 4) is 11.3 Å². The monoisotopic (exact) mass is 398 g/mol. The summed E-state index contributed by atoms with van der Waals surface area (Å²) in [6.45, 7) is 5.18. The van der Waals surface area contributed by atoms with Crippen LogP contribution in [0.1, 0.15) is 32.3 Å². The number of nitrogens with one attached hydrogen (secondary N) is 1. The molecule has 3 heterocycles. The highest BCUT2D eigenvalue weighted by molar-refractivity contribution is 5.63. The van der Waals surface area contributed by atoms with E-state index in [1.165, 1.54) is 17.1 Å². The standard InChI is InChI=1S/C18H25F3N6O/c1-17(2,28)11-27-10-12(8-23-27)15-14(18(19,20)21)9-22-16(25-15)24-13-4-6-26(3)7-5-13/h8-10,13,28H,4-7,11H2,1-3H3,(H,22,24,25). The summed E-state index contributed by atoms with van der Waals surface area (Å²) in [5.41, 5.74) is -1.95. The molecule has 3 rings (SSSR count). The number of hydrogen-bond acceptors (Lipinski definition) is 6. The average molecular weight is 398 g/mol. The molecule has 154 valence electrons. The lowest BCUT2D eigenvalue weighted by Gasteiger charge is -2.29. The summed E-state index contributed by atoms with van der Waals surface area (Å²) in [5, 5.41) is 17.1. The van der Waals surface area contributed by atoms with E-state index < -0.39 is 17.3 Å². The highest BCUT2D eigenvalue weighted by Crippen LogP contribution is 2.36. The minimum Gasteiger partial charge on any atom is -0.389 e. The van der Waals surface area contributed by atoms with Crippen LogP contribution in [0, 0.1) is 0 Å². The highest BCUT2D eigenvalue weighted by atomic mass is 19.4. The molecule has 1 saturated heterocycles. The van der Waals surface area contributed by atoms with Crippen LogP contribution in [0.3, 0.4) is 0 Å². The third kappa shape index (κ3) is 5.20. The molecule has 0 radical (unpaired) electrons. The van der Waals surface area contributed by atoms with Gasteiger partial charge in [-0.1, -0.05) is 0 Å². The Morgan fingerprint density at radius 2 is 1.89 bits per heavy atom. The van der Waals surface area contributed by atoms with Crippen LogP contribution in [0.2, 0.25) is 0 Å². The van der Waals surface area contributed by atoms with Gasteiger partial charge in [0.05, 0.1) is 24.0 Å². The summed E-state index contributed by atoms with van der Waals surface area (Å²) in [4.78, 5) is 10.3. The number of alkyl halides is 3. The molecule has 0 saturated carbocycles. The van der Waals surface area contributed by atoms with Crippen molar-refractivity contribution >= 4 is 5.95 Å². The van der Waals surface area contributed by atoms with Gasteiger partial charge in [0.15, 0.2) is 0 Å². The number of anilines is 1. The molecule has 2 aromatic rings. The molecule has 28 heavy (non-hydrogen) atoms. The van der Waals surface area contributed by atoms with E-state index in [-0.39, 0.29) is 29.8 Å². The Hall–Kier alpha value is -2.20. The van der Waals surface area contributed by atoms with Gasteiger partial charge in [-0.15, -0.1) is 0 Å². The SMILES string of the molecule is CN1CCC(Nc2ncc(C(F)(F)F)c(-c3cnn(CC(C)(C)O)c3)n2)CC1. The summed E-state index contributed by atoms with van der Waals surface area (Å²) < 4.78 is 41.8. The van der Waals surface area contributed by atoms with Crippen molar-refractivity contribution in [1.82, 2.24) is 24.6 Å². The maximum absolute atomic E-state index is 13.5. The minimum atomic E-state index is -4.58. The topological polar surface area (TPSA) is 79.1 Å². The lowest BCUT2D eigenvalue weighted by Crippen LogP contribution is -2.37. The first-order valence-electron chi connectivity index (χ1n) is 9.16. The van der Waals surface area contributed by atoms with E-state index in [1.54, 1.807) is 13.8 Å². The van der Waals surface area contributed by atoms with Crippen LogP contribution in [0.4, 0.5) is 19.1 Å². The van der Waals surface area contributed by atoms with E-state index in [9.17, 15) is 18.3 Å². The second-order valence-electron chi connectivity index (χ2n) is 7.91. The maximum Gasteiger partial charge on any atom is 0.419 e. The Bertz CT molecular complexity index is 806. The number of aliphatic hydroxyl groups is 1. The Labute approximate surface area is 161 Å². The lowest BCUT2D eigenvalue weighted by molar-refractivity contribution is -0.137. The minimum absolute atomic E-state index is 0.124. The molecule has 0 bridgehead atoms. The van der Waals surface area contributed by atoms with Gasteiger partial charge in [-0.05, 0) is 46.8 Å².